The number of hydrogen-bond acceptors (Lipinski definition) is 6. The summed E-state index contributed by atoms with van der Waals surface area (Å²) in [6.45, 7) is 8.05. The van der Waals surface area contributed by atoms with E-state index in [2.05, 4.69) is 18.2 Å². The van der Waals surface area contributed by atoms with Gasteiger partial charge in [0.25, 0.3) is 5.91 Å². The number of phenols is 1. The van der Waals surface area contributed by atoms with Crippen molar-refractivity contribution in [3.8, 4) is 5.75 Å². The summed E-state index contributed by atoms with van der Waals surface area (Å²) in [4.78, 5) is 16.6. The molecule has 0 bridgehead atoms. The number of phenolic OH excluding ortho intramolecular Hbond substituents is 1. The first-order chi connectivity index (χ1) is 16.3. The first-order valence-corrected chi connectivity index (χ1v) is 12.2. The molecule has 0 aliphatic rings. The van der Waals surface area contributed by atoms with E-state index in [1.54, 1.807) is 38.4 Å². The van der Waals surface area contributed by atoms with E-state index in [9.17, 15) is 18.7 Å². The minimum atomic E-state index is -2.88. The van der Waals surface area contributed by atoms with Crippen molar-refractivity contribution < 1.29 is 23.1 Å². The molecule has 0 radical (unpaired) electrons. The Hall–Kier alpha value is -3.18. The van der Waals surface area contributed by atoms with E-state index in [-0.39, 0.29) is 46.5 Å². The van der Waals surface area contributed by atoms with Crippen molar-refractivity contribution in [1.82, 2.24) is 9.80 Å². The predicted octanol–water partition coefficient (Wildman–Crippen LogP) is 3.75. The van der Waals surface area contributed by atoms with Crippen LogP contribution >= 0.6 is 0 Å². The third-order valence-corrected chi connectivity index (χ3v) is 6.02. The average Bonchev–Trinajstić information content (AvgIpc) is 3.25. The van der Waals surface area contributed by atoms with Gasteiger partial charge in [-0.25, -0.2) is 0 Å². The molecule has 1 aromatic heterocycles. The molecule has 0 aliphatic heterocycles. The molecule has 0 spiro atoms. The van der Waals surface area contributed by atoms with Crippen molar-refractivity contribution in [3.05, 3.63) is 47.4 Å². The summed E-state index contributed by atoms with van der Waals surface area (Å²) in [5, 5.41) is 19.7. The average molecular weight is 505 g/mol. The summed E-state index contributed by atoms with van der Waals surface area (Å²) in [6.07, 6.45) is 1.69. The number of para-hydroxylation sites is 1. The van der Waals surface area contributed by atoms with Gasteiger partial charge in [-0.05, 0) is 35.6 Å². The maximum absolute atomic E-state index is 12.5. The number of nitrogens with one attached hydrogen (secondary N) is 1. The molecule has 1 heterocycles. The highest BCUT2D eigenvalue weighted by Crippen LogP contribution is 2.34. The van der Waals surface area contributed by atoms with Crippen LogP contribution in [0.4, 0.5) is 5.69 Å². The van der Waals surface area contributed by atoms with Crippen LogP contribution in [0.2, 0.25) is 0 Å². The number of carbonyl (C=O) groups is 1. The molecule has 192 valence electrons. The topological polar surface area (TPSA) is 136 Å². The summed E-state index contributed by atoms with van der Waals surface area (Å²) in [7, 11) is 6.25. The van der Waals surface area contributed by atoms with Crippen LogP contribution in [0, 0.1) is 11.3 Å². The Morgan fingerprint density at radius 2 is 1.80 bits per heavy atom. The molecule has 1 unspecified atom stereocenters. The lowest BCUT2D eigenvalue weighted by Crippen LogP contribution is -2.44. The van der Waals surface area contributed by atoms with Crippen LogP contribution < -0.4 is 4.90 Å². The SMILES string of the molecule is CC(C)c1coc([C@@H](C(C)C)N(C)C(=N)C(=NS(=O)[O-])N(C)c2cccc(C(=O)N(C)C)c2O)c1. The zero-order chi connectivity index (χ0) is 26.6. The molecule has 2 atom stereocenters. The van der Waals surface area contributed by atoms with Gasteiger partial charge in [-0.3, -0.25) is 14.4 Å². The highest BCUT2D eigenvalue weighted by molar-refractivity contribution is 7.78. The van der Waals surface area contributed by atoms with E-state index in [4.69, 9.17) is 9.83 Å². The van der Waals surface area contributed by atoms with Crippen molar-refractivity contribution in [2.45, 2.75) is 39.7 Å². The number of benzene rings is 1. The third kappa shape index (κ3) is 6.29. The monoisotopic (exact) mass is 504 g/mol. The van der Waals surface area contributed by atoms with E-state index >= 15 is 0 Å². The molecule has 2 N–H and O–H groups in total. The Kier molecular flexibility index (Phi) is 9.22. The maximum atomic E-state index is 12.5. The van der Waals surface area contributed by atoms with Crippen LogP contribution in [0.3, 0.4) is 0 Å². The van der Waals surface area contributed by atoms with E-state index < -0.39 is 17.2 Å². The smallest absolute Gasteiger partial charge is 0.257 e. The molecular formula is C24H34N5O5S-. The number of furan rings is 1. The number of rotatable bonds is 7. The van der Waals surface area contributed by atoms with Gasteiger partial charge >= 0.3 is 0 Å². The van der Waals surface area contributed by atoms with Gasteiger partial charge in [0.15, 0.2) is 17.4 Å². The summed E-state index contributed by atoms with van der Waals surface area (Å²) in [5.41, 5.74) is 1.18. The highest BCUT2D eigenvalue weighted by atomic mass is 32.2. The Morgan fingerprint density at radius 3 is 2.29 bits per heavy atom. The standard InChI is InChI=1S/C24H35N5O5S/c1-14(2)16-12-19(34-13-16)20(15(3)4)29(8)22(25)23(26-35(32)33)28(7)18-11-9-10-17(21(18)30)24(31)27(5)6/h9-15,20,25,30H,1-8H3,(H,32,33)/p-1/t20-/m1/s1. The number of amides is 1. The Bertz CT molecular complexity index is 1130. The Balaban J connectivity index is 2.52. The second kappa shape index (κ2) is 11.5. The molecule has 2 aromatic rings. The molecule has 0 saturated heterocycles. The largest absolute Gasteiger partial charge is 0.754 e. The number of anilines is 1. The van der Waals surface area contributed by atoms with Crippen molar-refractivity contribution >= 4 is 34.5 Å². The quantitative estimate of drug-likeness (QED) is 0.333. The van der Waals surface area contributed by atoms with Gasteiger partial charge in [-0.15, -0.1) is 0 Å². The normalized spacial score (nSPS) is 13.6. The zero-order valence-corrected chi connectivity index (χ0v) is 22.2. The molecule has 35 heavy (non-hydrogen) atoms. The van der Waals surface area contributed by atoms with Gasteiger partial charge in [0.1, 0.15) is 5.76 Å². The number of nitrogens with zero attached hydrogens (tertiary/aromatic N) is 4. The van der Waals surface area contributed by atoms with Gasteiger partial charge < -0.3 is 28.8 Å². The first-order valence-electron chi connectivity index (χ1n) is 11.1. The Labute approximate surface area is 209 Å². The van der Waals surface area contributed by atoms with Crippen LogP contribution in [0.1, 0.15) is 61.3 Å². The predicted molar refractivity (Wildman–Crippen MR) is 137 cm³/mol. The van der Waals surface area contributed by atoms with Crippen molar-refractivity contribution in [2.75, 3.05) is 33.1 Å². The molecule has 10 nitrogen and oxygen atoms in total. The van der Waals surface area contributed by atoms with Gasteiger partial charge in [0.2, 0.25) is 0 Å². The summed E-state index contributed by atoms with van der Waals surface area (Å²) in [6, 6.07) is 6.10. The Morgan fingerprint density at radius 1 is 1.17 bits per heavy atom. The van der Waals surface area contributed by atoms with Gasteiger partial charge in [0, 0.05) is 28.2 Å². The van der Waals surface area contributed by atoms with Crippen LogP contribution in [0.15, 0.2) is 39.3 Å². The second-order valence-corrected chi connectivity index (χ2v) is 9.77. The van der Waals surface area contributed by atoms with Crippen molar-refractivity contribution in [3.63, 3.8) is 0 Å². The van der Waals surface area contributed by atoms with Crippen molar-refractivity contribution in [2.24, 2.45) is 10.3 Å². The van der Waals surface area contributed by atoms with Gasteiger partial charge in [-0.2, -0.15) is 4.40 Å². The molecule has 0 fully saturated rings. The number of carbonyl (C=O) groups excluding carboxylic acids is 1. The maximum Gasteiger partial charge on any atom is 0.257 e. The molecule has 0 saturated carbocycles. The van der Waals surface area contributed by atoms with Crippen LogP contribution in [0.25, 0.3) is 0 Å². The second-order valence-electron chi connectivity index (χ2n) is 9.15. The lowest BCUT2D eigenvalue weighted by Gasteiger charge is -2.34. The van der Waals surface area contributed by atoms with E-state index in [1.807, 2.05) is 19.9 Å². The van der Waals surface area contributed by atoms with E-state index in [1.165, 1.54) is 29.0 Å². The molecule has 2 rings (SSSR count). The fraction of sp³-hybridized carbons (Fsp3) is 0.458. The van der Waals surface area contributed by atoms with Crippen LogP contribution in [-0.4, -0.2) is 69.4 Å². The lowest BCUT2D eigenvalue weighted by molar-refractivity contribution is 0.0824. The first kappa shape index (κ1) is 28.1. The van der Waals surface area contributed by atoms with E-state index in [0.717, 1.165) is 5.56 Å². The lowest BCUT2D eigenvalue weighted by atomic mass is 9.98. The molecule has 11 heteroatoms. The molecule has 0 aliphatic carbocycles. The number of likely N-dealkylation sites (N-methyl/N-ethyl adjacent to an activating group) is 2. The van der Waals surface area contributed by atoms with Crippen LogP contribution in [0.5, 0.6) is 5.75 Å². The molecule has 1 aromatic carbocycles. The van der Waals surface area contributed by atoms with E-state index in [0.29, 0.717) is 5.76 Å². The zero-order valence-electron chi connectivity index (χ0n) is 21.4. The summed E-state index contributed by atoms with van der Waals surface area (Å²) in [5.74, 6) is -0.297. The fourth-order valence-corrected chi connectivity index (χ4v) is 4.10. The number of amidine groups is 2. The number of hydrogen-bond donors (Lipinski definition) is 2. The molecule has 1 amide bonds. The van der Waals surface area contributed by atoms with Crippen molar-refractivity contribution in [1.29, 1.82) is 5.41 Å². The molecular weight excluding hydrogens is 470 g/mol. The van der Waals surface area contributed by atoms with Crippen LogP contribution in [-0.2, 0) is 11.3 Å². The highest BCUT2D eigenvalue weighted by Gasteiger charge is 2.31. The fourth-order valence-electron chi connectivity index (χ4n) is 3.75. The summed E-state index contributed by atoms with van der Waals surface area (Å²) >= 11 is -2.88. The third-order valence-electron chi connectivity index (χ3n) is 5.70. The van der Waals surface area contributed by atoms with Gasteiger partial charge in [0.05, 0.1) is 34.8 Å². The summed E-state index contributed by atoms with van der Waals surface area (Å²) < 4.78 is 32.7. The minimum absolute atomic E-state index is 0.00487. The minimum Gasteiger partial charge on any atom is -0.754 e. The van der Waals surface area contributed by atoms with Gasteiger partial charge in [-0.1, -0.05) is 33.8 Å². The number of aromatic hydroxyl groups is 1.